The van der Waals surface area contributed by atoms with Crippen LogP contribution in [-0.4, -0.2) is 31.2 Å². The van der Waals surface area contributed by atoms with Gasteiger partial charge in [0.15, 0.2) is 0 Å². The SMILES string of the molecule is Nc1ccc2c(c1)CCCC2N1CCOCC1. The fourth-order valence-electron chi connectivity index (χ4n) is 3.08. The molecule has 1 aromatic carbocycles. The molecule has 3 rings (SSSR count). The van der Waals surface area contributed by atoms with Crippen molar-refractivity contribution in [1.29, 1.82) is 0 Å². The number of morpholine rings is 1. The number of hydrogen-bond acceptors (Lipinski definition) is 3. The van der Waals surface area contributed by atoms with E-state index in [1.54, 1.807) is 0 Å². The van der Waals surface area contributed by atoms with Gasteiger partial charge in [-0.1, -0.05) is 6.07 Å². The highest BCUT2D eigenvalue weighted by molar-refractivity contribution is 5.46. The summed E-state index contributed by atoms with van der Waals surface area (Å²) in [6.07, 6.45) is 3.73. The van der Waals surface area contributed by atoms with Crippen molar-refractivity contribution in [3.63, 3.8) is 0 Å². The third-order valence-corrected chi connectivity index (χ3v) is 3.94. The summed E-state index contributed by atoms with van der Waals surface area (Å²) >= 11 is 0. The van der Waals surface area contributed by atoms with Gasteiger partial charge in [0, 0.05) is 24.8 Å². The summed E-state index contributed by atoms with van der Waals surface area (Å²) in [5, 5.41) is 0. The molecule has 92 valence electrons. The van der Waals surface area contributed by atoms with E-state index in [1.807, 2.05) is 6.07 Å². The van der Waals surface area contributed by atoms with E-state index in [1.165, 1.54) is 30.4 Å². The van der Waals surface area contributed by atoms with E-state index in [2.05, 4.69) is 17.0 Å². The van der Waals surface area contributed by atoms with Crippen LogP contribution in [0.15, 0.2) is 18.2 Å². The highest BCUT2D eigenvalue weighted by Crippen LogP contribution is 2.35. The van der Waals surface area contributed by atoms with E-state index in [0.29, 0.717) is 6.04 Å². The van der Waals surface area contributed by atoms with Crippen molar-refractivity contribution in [2.24, 2.45) is 0 Å². The van der Waals surface area contributed by atoms with Crippen LogP contribution in [0, 0.1) is 0 Å². The molecule has 1 atom stereocenters. The summed E-state index contributed by atoms with van der Waals surface area (Å²) in [6, 6.07) is 7.01. The Bertz CT molecular complexity index is 399. The first-order valence-electron chi connectivity index (χ1n) is 6.55. The van der Waals surface area contributed by atoms with Crippen molar-refractivity contribution >= 4 is 5.69 Å². The second-order valence-electron chi connectivity index (χ2n) is 5.01. The van der Waals surface area contributed by atoms with Crippen LogP contribution in [0.25, 0.3) is 0 Å². The number of fused-ring (bicyclic) bond motifs is 1. The van der Waals surface area contributed by atoms with Gasteiger partial charge in [-0.05, 0) is 42.5 Å². The van der Waals surface area contributed by atoms with Crippen LogP contribution < -0.4 is 5.73 Å². The molecule has 0 saturated carbocycles. The quantitative estimate of drug-likeness (QED) is 0.752. The van der Waals surface area contributed by atoms with E-state index in [0.717, 1.165) is 32.0 Å². The second kappa shape index (κ2) is 4.67. The minimum Gasteiger partial charge on any atom is -0.399 e. The summed E-state index contributed by atoms with van der Waals surface area (Å²) in [4.78, 5) is 2.57. The lowest BCUT2D eigenvalue weighted by Crippen LogP contribution is -2.40. The summed E-state index contributed by atoms with van der Waals surface area (Å²) in [5.74, 6) is 0. The van der Waals surface area contributed by atoms with Crippen LogP contribution >= 0.6 is 0 Å². The Kier molecular flexibility index (Phi) is 3.04. The normalized spacial score (nSPS) is 25.5. The fraction of sp³-hybridized carbons (Fsp3) is 0.571. The Morgan fingerprint density at radius 3 is 2.88 bits per heavy atom. The number of nitrogen functional groups attached to an aromatic ring is 1. The molecule has 3 heteroatoms. The van der Waals surface area contributed by atoms with Crippen LogP contribution in [0.4, 0.5) is 5.69 Å². The van der Waals surface area contributed by atoms with Crippen molar-refractivity contribution in [2.45, 2.75) is 25.3 Å². The van der Waals surface area contributed by atoms with E-state index < -0.39 is 0 Å². The number of ether oxygens (including phenoxy) is 1. The van der Waals surface area contributed by atoms with Gasteiger partial charge in [-0.15, -0.1) is 0 Å². The number of aryl methyl sites for hydroxylation is 1. The molecule has 0 spiro atoms. The average Bonchev–Trinajstić information content (AvgIpc) is 2.39. The molecule has 0 amide bonds. The Balaban J connectivity index is 1.88. The van der Waals surface area contributed by atoms with E-state index in [9.17, 15) is 0 Å². The summed E-state index contributed by atoms with van der Waals surface area (Å²) in [6.45, 7) is 3.88. The molecule has 17 heavy (non-hydrogen) atoms. The third kappa shape index (κ3) is 2.17. The van der Waals surface area contributed by atoms with E-state index in [-0.39, 0.29) is 0 Å². The van der Waals surface area contributed by atoms with Gasteiger partial charge in [-0.3, -0.25) is 4.90 Å². The number of nitrogens with two attached hydrogens (primary N) is 1. The van der Waals surface area contributed by atoms with Crippen molar-refractivity contribution in [3.05, 3.63) is 29.3 Å². The zero-order chi connectivity index (χ0) is 11.7. The topological polar surface area (TPSA) is 38.5 Å². The number of rotatable bonds is 1. The minimum atomic E-state index is 0.586. The molecule has 0 radical (unpaired) electrons. The summed E-state index contributed by atoms with van der Waals surface area (Å²) in [7, 11) is 0. The number of nitrogens with zero attached hydrogens (tertiary/aromatic N) is 1. The summed E-state index contributed by atoms with van der Waals surface area (Å²) < 4.78 is 5.44. The molecule has 1 heterocycles. The number of hydrogen-bond donors (Lipinski definition) is 1. The fourth-order valence-corrected chi connectivity index (χ4v) is 3.08. The lowest BCUT2D eigenvalue weighted by Gasteiger charge is -2.38. The monoisotopic (exact) mass is 232 g/mol. The van der Waals surface area contributed by atoms with E-state index in [4.69, 9.17) is 10.5 Å². The molecule has 1 aliphatic heterocycles. The highest BCUT2D eigenvalue weighted by Gasteiger charge is 2.26. The second-order valence-corrected chi connectivity index (χ2v) is 5.01. The van der Waals surface area contributed by atoms with Crippen molar-refractivity contribution in [2.75, 3.05) is 32.0 Å². The molecule has 1 unspecified atom stereocenters. The van der Waals surface area contributed by atoms with Gasteiger partial charge < -0.3 is 10.5 Å². The summed E-state index contributed by atoms with van der Waals surface area (Å²) in [5.41, 5.74) is 9.71. The predicted octanol–water partition coefficient (Wildman–Crippen LogP) is 1.98. The van der Waals surface area contributed by atoms with Crippen molar-refractivity contribution < 1.29 is 4.74 Å². The minimum absolute atomic E-state index is 0.586. The standard InChI is InChI=1S/C14H20N2O/c15-12-4-5-13-11(10-12)2-1-3-14(13)16-6-8-17-9-7-16/h4-5,10,14H,1-3,6-9,15H2. The molecule has 1 saturated heterocycles. The highest BCUT2D eigenvalue weighted by atomic mass is 16.5. The molecule has 1 aliphatic carbocycles. The van der Waals surface area contributed by atoms with Gasteiger partial charge >= 0.3 is 0 Å². The maximum atomic E-state index is 5.87. The van der Waals surface area contributed by atoms with Gasteiger partial charge in [-0.25, -0.2) is 0 Å². The number of benzene rings is 1. The molecule has 2 aliphatic rings. The molecule has 3 nitrogen and oxygen atoms in total. The van der Waals surface area contributed by atoms with Gasteiger partial charge in [0.25, 0.3) is 0 Å². The molecule has 1 aromatic rings. The largest absolute Gasteiger partial charge is 0.399 e. The van der Waals surface area contributed by atoms with Gasteiger partial charge in [0.1, 0.15) is 0 Å². The molecule has 2 N–H and O–H groups in total. The van der Waals surface area contributed by atoms with Gasteiger partial charge in [0.2, 0.25) is 0 Å². The molecule has 1 fully saturated rings. The molecule has 0 bridgehead atoms. The molecular weight excluding hydrogens is 212 g/mol. The first kappa shape index (κ1) is 11.1. The smallest absolute Gasteiger partial charge is 0.0594 e. The lowest BCUT2D eigenvalue weighted by atomic mass is 9.86. The third-order valence-electron chi connectivity index (χ3n) is 3.94. The van der Waals surface area contributed by atoms with Gasteiger partial charge in [-0.2, -0.15) is 0 Å². The number of anilines is 1. The van der Waals surface area contributed by atoms with Gasteiger partial charge in [0.05, 0.1) is 13.2 Å². The zero-order valence-corrected chi connectivity index (χ0v) is 10.2. The van der Waals surface area contributed by atoms with Crippen LogP contribution in [0.3, 0.4) is 0 Å². The average molecular weight is 232 g/mol. The molecular formula is C14H20N2O. The molecule has 0 aromatic heterocycles. The zero-order valence-electron chi connectivity index (χ0n) is 10.2. The first-order valence-corrected chi connectivity index (χ1v) is 6.55. The Labute approximate surface area is 103 Å². The Morgan fingerprint density at radius 1 is 1.24 bits per heavy atom. The predicted molar refractivity (Wildman–Crippen MR) is 68.9 cm³/mol. The van der Waals surface area contributed by atoms with Crippen LogP contribution in [0.2, 0.25) is 0 Å². The van der Waals surface area contributed by atoms with E-state index >= 15 is 0 Å². The van der Waals surface area contributed by atoms with Crippen LogP contribution in [-0.2, 0) is 11.2 Å². The maximum Gasteiger partial charge on any atom is 0.0594 e. The van der Waals surface area contributed by atoms with Crippen LogP contribution in [0.1, 0.15) is 30.0 Å². The van der Waals surface area contributed by atoms with Crippen molar-refractivity contribution in [3.8, 4) is 0 Å². The Hall–Kier alpha value is -1.06. The Morgan fingerprint density at radius 2 is 2.06 bits per heavy atom. The first-order chi connectivity index (χ1) is 8.34. The van der Waals surface area contributed by atoms with Crippen molar-refractivity contribution in [1.82, 2.24) is 4.90 Å². The lowest BCUT2D eigenvalue weighted by molar-refractivity contribution is 0.0124. The van der Waals surface area contributed by atoms with Crippen LogP contribution in [0.5, 0.6) is 0 Å². The maximum absolute atomic E-state index is 5.87.